The smallest absolute Gasteiger partial charge is 0.335 e. The second-order valence-corrected chi connectivity index (χ2v) is 21.1. The number of aliphatic hydroxyl groups is 3. The number of phenolic OH excluding ortho intramolecular Hbond substituents is 3. The van der Waals surface area contributed by atoms with Crippen LogP contribution in [-0.4, -0.2) is 166 Å². The molecule has 20 unspecified atom stereocenters. The quantitative estimate of drug-likeness (QED) is 0.0865. The standard InChI is InChI=1S/C48H72O14.C7H6O5/c1-11-25(2)43-28(5)17-18-47(62-43)23-34-20-33(61-47)16-15-27(4)42(26(3)13-12-14-32-24-55-45-40(49)29(6)19-35(46(51)58-34)48(32,45)52)59-39-22-37(54-10)44(31(8)57-39)60-38-21-36(53-9)41(50)30(7)56-38;8-4-1-3(7(11)12)2-5(9)6(4)10/h12-15,17-19,25-26,28,30-31,33-45,49-50,52H,11,16,20-24H2,1-10H3;1-2,8-10H,(H,11,12). The largest absolute Gasteiger partial charge is 0.504 e. The summed E-state index contributed by atoms with van der Waals surface area (Å²) < 4.78 is 63.7. The van der Waals surface area contributed by atoms with Crippen molar-refractivity contribution in [3.63, 3.8) is 0 Å². The molecule has 20 atom stereocenters. The Hall–Kier alpha value is -4.22. The van der Waals surface area contributed by atoms with Gasteiger partial charge in [-0.15, -0.1) is 0 Å². The van der Waals surface area contributed by atoms with Gasteiger partial charge in [-0.25, -0.2) is 4.79 Å². The maximum absolute atomic E-state index is 14.3. The molecule has 4 fully saturated rings. The van der Waals surface area contributed by atoms with E-state index in [4.69, 9.17) is 67.8 Å². The summed E-state index contributed by atoms with van der Waals surface area (Å²) in [5, 5.41) is 69.2. The number of benzene rings is 1. The molecule has 6 heterocycles. The zero-order chi connectivity index (χ0) is 54.0. The number of fused-ring (bicyclic) bond motifs is 2. The van der Waals surface area contributed by atoms with Crippen molar-refractivity contribution in [3.05, 3.63) is 76.9 Å². The molecule has 4 saturated heterocycles. The molecule has 1 aromatic rings. The van der Waals surface area contributed by atoms with Gasteiger partial charge in [0.05, 0.1) is 54.9 Å². The molecule has 1 aliphatic carbocycles. The lowest BCUT2D eigenvalue weighted by Crippen LogP contribution is -2.58. The average molecular weight is 1040 g/mol. The van der Waals surface area contributed by atoms with Gasteiger partial charge in [0, 0.05) is 51.7 Å². The normalized spacial score (nSPS) is 40.9. The van der Waals surface area contributed by atoms with Crippen molar-refractivity contribution in [2.75, 3.05) is 20.8 Å². The number of hydrogen-bond donors (Lipinski definition) is 7. The van der Waals surface area contributed by atoms with Gasteiger partial charge in [-0.1, -0.05) is 70.6 Å². The molecule has 0 saturated carbocycles. The Kier molecular flexibility index (Phi) is 18.6. The summed E-state index contributed by atoms with van der Waals surface area (Å²) in [4.78, 5) is 24.7. The molecule has 7 aliphatic rings. The fourth-order valence-corrected chi connectivity index (χ4v) is 11.3. The lowest BCUT2D eigenvalue weighted by atomic mass is 9.71. The van der Waals surface area contributed by atoms with Gasteiger partial charge in [-0.2, -0.15) is 0 Å². The summed E-state index contributed by atoms with van der Waals surface area (Å²) in [5.74, 6) is -5.90. The van der Waals surface area contributed by atoms with Crippen LogP contribution in [0.15, 0.2) is 71.4 Å². The highest BCUT2D eigenvalue weighted by Crippen LogP contribution is 2.47. The van der Waals surface area contributed by atoms with Crippen molar-refractivity contribution >= 4 is 11.9 Å². The molecule has 7 N–H and O–H groups in total. The van der Waals surface area contributed by atoms with Gasteiger partial charge in [-0.05, 0) is 75.0 Å². The number of aromatic hydroxyl groups is 3. The van der Waals surface area contributed by atoms with Gasteiger partial charge < -0.3 is 83.1 Å². The van der Waals surface area contributed by atoms with E-state index in [1.807, 2.05) is 32.1 Å². The van der Waals surface area contributed by atoms with E-state index in [2.05, 4.69) is 39.8 Å². The van der Waals surface area contributed by atoms with Gasteiger partial charge >= 0.3 is 11.9 Å². The number of carbonyl (C=O) groups is 2. The third-order valence-corrected chi connectivity index (χ3v) is 15.8. The molecule has 6 aliphatic heterocycles. The number of allylic oxidation sites excluding steroid dienone is 2. The number of carboxylic acid groups (broad SMARTS) is 1. The summed E-state index contributed by atoms with van der Waals surface area (Å²) in [6, 6.07) is 1.69. The Morgan fingerprint density at radius 3 is 2.19 bits per heavy atom. The first kappa shape index (κ1) is 57.5. The fourth-order valence-electron chi connectivity index (χ4n) is 11.3. The minimum absolute atomic E-state index is 0.0317. The highest BCUT2D eigenvalue weighted by molar-refractivity contribution is 5.89. The zero-order valence-electron chi connectivity index (χ0n) is 44.1. The molecular weight excluding hydrogens is 965 g/mol. The lowest BCUT2D eigenvalue weighted by molar-refractivity contribution is -0.318. The molecular formula is C55H78O19. The highest BCUT2D eigenvalue weighted by Gasteiger charge is 2.60. The molecule has 19 heteroatoms. The molecule has 1 aromatic carbocycles. The number of carbonyl (C=O) groups excluding carboxylic acids is 1. The topological polar surface area (TPSA) is 268 Å². The van der Waals surface area contributed by atoms with Gasteiger partial charge in [0.1, 0.15) is 42.0 Å². The van der Waals surface area contributed by atoms with E-state index in [1.54, 1.807) is 40.2 Å². The number of carboxylic acids is 1. The molecule has 0 aromatic heterocycles. The van der Waals surface area contributed by atoms with Crippen molar-refractivity contribution in [1.29, 1.82) is 0 Å². The number of phenols is 3. The Morgan fingerprint density at radius 2 is 1.53 bits per heavy atom. The van der Waals surface area contributed by atoms with Gasteiger partial charge in [0.15, 0.2) is 35.6 Å². The molecule has 0 amide bonds. The first-order valence-electron chi connectivity index (χ1n) is 25.9. The van der Waals surface area contributed by atoms with Crippen LogP contribution in [0.4, 0.5) is 0 Å². The zero-order valence-corrected chi connectivity index (χ0v) is 44.1. The first-order valence-corrected chi connectivity index (χ1v) is 25.9. The van der Waals surface area contributed by atoms with Crippen molar-refractivity contribution < 1.29 is 92.7 Å². The molecule has 412 valence electrons. The number of esters is 1. The van der Waals surface area contributed by atoms with E-state index in [9.17, 15) is 24.9 Å². The molecule has 74 heavy (non-hydrogen) atoms. The van der Waals surface area contributed by atoms with E-state index in [0.717, 1.165) is 24.1 Å². The molecule has 1 spiro atoms. The van der Waals surface area contributed by atoms with Crippen LogP contribution in [0.1, 0.15) is 104 Å². The van der Waals surface area contributed by atoms with E-state index in [-0.39, 0.29) is 48.2 Å². The van der Waals surface area contributed by atoms with Crippen LogP contribution in [0.5, 0.6) is 17.2 Å². The summed E-state index contributed by atoms with van der Waals surface area (Å²) in [6.45, 7) is 16.1. The Balaban J connectivity index is 0.000000586. The van der Waals surface area contributed by atoms with E-state index in [1.165, 1.54) is 0 Å². The molecule has 19 nitrogen and oxygen atoms in total. The maximum atomic E-state index is 14.3. The van der Waals surface area contributed by atoms with E-state index < -0.39 is 114 Å². The summed E-state index contributed by atoms with van der Waals surface area (Å²) in [6.07, 6.45) is 8.55. The average Bonchev–Trinajstić information content (AvgIpc) is 3.70. The monoisotopic (exact) mass is 1040 g/mol. The third kappa shape index (κ3) is 12.3. The minimum Gasteiger partial charge on any atom is -0.504 e. The maximum Gasteiger partial charge on any atom is 0.335 e. The number of rotatable bonds is 9. The molecule has 8 rings (SSSR count). The number of methoxy groups -OCH3 is 2. The van der Waals surface area contributed by atoms with Gasteiger partial charge in [-0.3, -0.25) is 4.79 Å². The van der Waals surface area contributed by atoms with Crippen molar-refractivity contribution in [2.45, 2.75) is 191 Å². The number of ether oxygens (including phenoxy) is 10. The first-order chi connectivity index (χ1) is 35.0. The Morgan fingerprint density at radius 1 is 0.865 bits per heavy atom. The third-order valence-electron chi connectivity index (χ3n) is 15.8. The second kappa shape index (κ2) is 24.0. The van der Waals surface area contributed by atoms with Crippen LogP contribution in [0.2, 0.25) is 0 Å². The van der Waals surface area contributed by atoms with Crippen LogP contribution in [0, 0.1) is 23.7 Å². The molecule has 2 bridgehead atoms. The second-order valence-electron chi connectivity index (χ2n) is 21.1. The van der Waals surface area contributed by atoms with Crippen molar-refractivity contribution in [2.24, 2.45) is 23.7 Å². The van der Waals surface area contributed by atoms with Crippen LogP contribution in [-0.2, 0) is 52.2 Å². The summed E-state index contributed by atoms with van der Waals surface area (Å²) in [7, 11) is 3.22. The van der Waals surface area contributed by atoms with Crippen LogP contribution < -0.4 is 0 Å². The number of aromatic carboxylic acids is 1. The number of aliphatic hydroxyl groups excluding tert-OH is 2. The highest BCUT2D eigenvalue weighted by atomic mass is 16.7. The summed E-state index contributed by atoms with van der Waals surface area (Å²) in [5.41, 5.74) is -0.155. The predicted octanol–water partition coefficient (Wildman–Crippen LogP) is 5.88. The minimum atomic E-state index is -1.84. The van der Waals surface area contributed by atoms with Crippen LogP contribution in [0.25, 0.3) is 0 Å². The fraction of sp³-hybridized carbons (Fsp3) is 0.673. The van der Waals surface area contributed by atoms with E-state index >= 15 is 0 Å². The SMILES string of the molecule is CCC(C)C1OC2(C=CC1C)CC1CC(CC=C(C)C(OC3CC(OC)C(OC4CC(OC)C(O)C(C)O4)C(C)O3)C(C)C=CC=C3COC4C(O)C(C)=CC(C(=O)O1)C34O)O2.O=C(O)c1cc(O)c(O)c(O)c1. The van der Waals surface area contributed by atoms with Crippen LogP contribution in [0.3, 0.4) is 0 Å². The van der Waals surface area contributed by atoms with Gasteiger partial charge in [0.25, 0.3) is 0 Å². The van der Waals surface area contributed by atoms with Crippen molar-refractivity contribution in [3.8, 4) is 17.2 Å². The Bertz CT molecular complexity index is 2270. The number of hydrogen-bond acceptors (Lipinski definition) is 18. The predicted molar refractivity (Wildman–Crippen MR) is 266 cm³/mol. The van der Waals surface area contributed by atoms with Crippen molar-refractivity contribution in [1.82, 2.24) is 0 Å². The molecule has 0 radical (unpaired) electrons. The lowest BCUT2D eigenvalue weighted by Gasteiger charge is -2.48. The van der Waals surface area contributed by atoms with Gasteiger partial charge in [0.2, 0.25) is 0 Å². The van der Waals surface area contributed by atoms with Crippen LogP contribution >= 0.6 is 0 Å². The van der Waals surface area contributed by atoms with E-state index in [0.29, 0.717) is 43.3 Å². The summed E-state index contributed by atoms with van der Waals surface area (Å²) >= 11 is 0. The Labute approximate surface area is 433 Å².